The fourth-order valence-electron chi connectivity index (χ4n) is 3.53. The third kappa shape index (κ3) is 4.27. The third-order valence-electron chi connectivity index (χ3n) is 4.91. The summed E-state index contributed by atoms with van der Waals surface area (Å²) in [7, 11) is 0. The molecule has 8 heteroatoms. The molecular weight excluding hydrogens is 416 g/mol. The highest BCUT2D eigenvalue weighted by molar-refractivity contribution is 6.31. The number of ether oxygens (including phenoxy) is 2. The Balaban J connectivity index is 1.75. The topological polar surface area (TPSA) is 78.3 Å². The van der Waals surface area contributed by atoms with E-state index in [1.807, 2.05) is 69.3 Å². The lowest BCUT2D eigenvalue weighted by Crippen LogP contribution is -2.30. The minimum Gasteiger partial charge on any atom is -0.488 e. The van der Waals surface area contributed by atoms with Crippen LogP contribution in [-0.2, 0) is 16.1 Å². The molecule has 0 fully saturated rings. The van der Waals surface area contributed by atoms with E-state index in [1.54, 1.807) is 4.68 Å². The molecule has 31 heavy (non-hydrogen) atoms. The molecule has 160 valence electrons. The van der Waals surface area contributed by atoms with Crippen LogP contribution in [-0.4, -0.2) is 26.8 Å². The number of nitrogens with one attached hydrogen (secondary N) is 1. The smallest absolute Gasteiger partial charge is 0.338 e. The summed E-state index contributed by atoms with van der Waals surface area (Å²) in [5.74, 6) is 0.759. The summed E-state index contributed by atoms with van der Waals surface area (Å²) < 4.78 is 13.4. The van der Waals surface area contributed by atoms with Crippen molar-refractivity contribution in [1.29, 1.82) is 0 Å². The summed E-state index contributed by atoms with van der Waals surface area (Å²) in [4.78, 5) is 17.3. The van der Waals surface area contributed by atoms with Crippen molar-refractivity contribution in [3.63, 3.8) is 0 Å². The van der Waals surface area contributed by atoms with Gasteiger partial charge in [-0.05, 0) is 32.9 Å². The largest absolute Gasteiger partial charge is 0.488 e. The van der Waals surface area contributed by atoms with Crippen LogP contribution in [0, 0.1) is 0 Å². The van der Waals surface area contributed by atoms with Gasteiger partial charge in [-0.15, -0.1) is 0 Å². The Morgan fingerprint density at radius 1 is 1.19 bits per heavy atom. The van der Waals surface area contributed by atoms with Crippen molar-refractivity contribution in [1.82, 2.24) is 14.8 Å². The monoisotopic (exact) mass is 438 g/mol. The zero-order valence-electron chi connectivity index (χ0n) is 17.5. The number of halogens is 1. The predicted octanol–water partition coefficient (Wildman–Crippen LogP) is 4.75. The first-order valence-electron chi connectivity index (χ1n) is 9.99. The molecule has 2 heterocycles. The van der Waals surface area contributed by atoms with E-state index in [0.717, 1.165) is 11.1 Å². The summed E-state index contributed by atoms with van der Waals surface area (Å²) in [6.07, 6.45) is 1.20. The molecule has 0 saturated carbocycles. The Hall–Kier alpha value is -3.32. The maximum atomic E-state index is 13.0. The second kappa shape index (κ2) is 8.81. The molecule has 4 rings (SSSR count). The number of nitrogens with zero attached hydrogens (tertiary/aromatic N) is 3. The summed E-state index contributed by atoms with van der Waals surface area (Å²) in [5.41, 5.74) is 2.77. The van der Waals surface area contributed by atoms with Gasteiger partial charge in [0, 0.05) is 21.8 Å². The quantitative estimate of drug-likeness (QED) is 0.559. The van der Waals surface area contributed by atoms with Crippen LogP contribution < -0.4 is 10.1 Å². The van der Waals surface area contributed by atoms with Gasteiger partial charge in [0.15, 0.2) is 0 Å². The summed E-state index contributed by atoms with van der Waals surface area (Å²) in [5, 5.41) is 8.13. The molecule has 1 aliphatic rings. The maximum Gasteiger partial charge on any atom is 0.338 e. The van der Waals surface area contributed by atoms with Crippen LogP contribution in [0.4, 0.5) is 5.95 Å². The van der Waals surface area contributed by atoms with Gasteiger partial charge in [-0.25, -0.2) is 9.48 Å². The van der Waals surface area contributed by atoms with Crippen LogP contribution in [0.1, 0.15) is 37.9 Å². The summed E-state index contributed by atoms with van der Waals surface area (Å²) in [6.45, 7) is 5.76. The van der Waals surface area contributed by atoms with E-state index >= 15 is 0 Å². The molecule has 0 spiro atoms. The number of allylic oxidation sites excluding steroid dienone is 1. The number of fused-ring (bicyclic) bond motifs is 1. The van der Waals surface area contributed by atoms with Gasteiger partial charge >= 0.3 is 5.97 Å². The Morgan fingerprint density at radius 2 is 1.94 bits per heavy atom. The van der Waals surface area contributed by atoms with Gasteiger partial charge in [0.1, 0.15) is 24.7 Å². The average Bonchev–Trinajstić information content (AvgIpc) is 3.20. The molecule has 1 unspecified atom stereocenters. The lowest BCUT2D eigenvalue weighted by molar-refractivity contribution is -0.143. The number of benzene rings is 2. The van der Waals surface area contributed by atoms with Crippen LogP contribution in [0.5, 0.6) is 5.75 Å². The minimum absolute atomic E-state index is 0.252. The van der Waals surface area contributed by atoms with Crippen LogP contribution in [0.3, 0.4) is 0 Å². The van der Waals surface area contributed by atoms with Crippen molar-refractivity contribution in [2.45, 2.75) is 39.5 Å². The number of para-hydroxylation sites is 1. The van der Waals surface area contributed by atoms with E-state index in [2.05, 4.69) is 15.4 Å². The van der Waals surface area contributed by atoms with Gasteiger partial charge in [0.05, 0.1) is 11.7 Å². The second-order valence-electron chi connectivity index (χ2n) is 7.47. The number of esters is 1. The SMILES string of the molecule is CC1=C(C(=O)OC(C)C)C(c2ccccc2OCc2ccccc2Cl)n2ncnc2N1. The van der Waals surface area contributed by atoms with Crippen molar-refractivity contribution in [2.24, 2.45) is 0 Å². The van der Waals surface area contributed by atoms with E-state index in [1.165, 1.54) is 6.33 Å². The first kappa shape index (κ1) is 20.9. The van der Waals surface area contributed by atoms with Crippen molar-refractivity contribution in [3.05, 3.63) is 82.3 Å². The number of carbonyl (C=O) groups excluding carboxylic acids is 1. The Bertz CT molecular complexity index is 1140. The van der Waals surface area contributed by atoms with Gasteiger partial charge in [0.2, 0.25) is 5.95 Å². The number of anilines is 1. The fraction of sp³-hybridized carbons (Fsp3) is 0.261. The van der Waals surface area contributed by atoms with Crippen LogP contribution in [0.25, 0.3) is 0 Å². The third-order valence-corrected chi connectivity index (χ3v) is 5.28. The zero-order chi connectivity index (χ0) is 22.0. The maximum absolute atomic E-state index is 13.0. The van der Waals surface area contributed by atoms with Gasteiger partial charge < -0.3 is 14.8 Å². The molecule has 0 radical (unpaired) electrons. The highest BCUT2D eigenvalue weighted by Crippen LogP contribution is 2.39. The molecular formula is C23H23ClN4O3. The van der Waals surface area contributed by atoms with Crippen LogP contribution in [0.2, 0.25) is 5.02 Å². The lowest BCUT2D eigenvalue weighted by Gasteiger charge is -2.29. The Labute approximate surface area is 185 Å². The number of hydrogen-bond acceptors (Lipinski definition) is 6. The normalized spacial score (nSPS) is 15.5. The van der Waals surface area contributed by atoms with Crippen LogP contribution in [0.15, 0.2) is 66.1 Å². The number of aromatic nitrogens is 3. The average molecular weight is 439 g/mol. The molecule has 3 aromatic rings. The van der Waals surface area contributed by atoms with E-state index in [4.69, 9.17) is 21.1 Å². The molecule has 0 bridgehead atoms. The predicted molar refractivity (Wildman–Crippen MR) is 118 cm³/mol. The van der Waals surface area contributed by atoms with E-state index in [0.29, 0.717) is 34.6 Å². The van der Waals surface area contributed by atoms with Crippen molar-refractivity contribution < 1.29 is 14.3 Å². The molecule has 1 atom stereocenters. The Kier molecular flexibility index (Phi) is 5.95. The van der Waals surface area contributed by atoms with Crippen molar-refractivity contribution >= 4 is 23.5 Å². The molecule has 0 amide bonds. The van der Waals surface area contributed by atoms with Gasteiger partial charge in [-0.1, -0.05) is 48.0 Å². The van der Waals surface area contributed by atoms with E-state index in [9.17, 15) is 4.79 Å². The number of carbonyl (C=O) groups is 1. The van der Waals surface area contributed by atoms with Crippen molar-refractivity contribution in [2.75, 3.05) is 5.32 Å². The molecule has 1 aliphatic heterocycles. The van der Waals surface area contributed by atoms with Crippen molar-refractivity contribution in [3.8, 4) is 5.75 Å². The molecule has 0 aliphatic carbocycles. The molecule has 0 saturated heterocycles. The van der Waals surface area contributed by atoms with Gasteiger partial charge in [0.25, 0.3) is 0 Å². The zero-order valence-corrected chi connectivity index (χ0v) is 18.3. The number of rotatable bonds is 6. The van der Waals surface area contributed by atoms with Crippen LogP contribution >= 0.6 is 11.6 Å². The first-order chi connectivity index (χ1) is 15.0. The molecule has 1 aromatic heterocycles. The van der Waals surface area contributed by atoms with E-state index < -0.39 is 12.0 Å². The Morgan fingerprint density at radius 3 is 2.71 bits per heavy atom. The van der Waals surface area contributed by atoms with Gasteiger partial charge in [-0.3, -0.25) is 0 Å². The number of hydrogen-bond donors (Lipinski definition) is 1. The molecule has 2 aromatic carbocycles. The second-order valence-corrected chi connectivity index (χ2v) is 7.87. The highest BCUT2D eigenvalue weighted by atomic mass is 35.5. The first-order valence-corrected chi connectivity index (χ1v) is 10.4. The van der Waals surface area contributed by atoms with E-state index in [-0.39, 0.29) is 6.10 Å². The standard InChI is InChI=1S/C23H23ClN4O3/c1-14(2)31-22(29)20-15(3)27-23-25-13-26-28(23)21(20)17-9-5-7-11-19(17)30-12-16-8-4-6-10-18(16)24/h4-11,13-14,21H,12H2,1-3H3,(H,25,26,27). The highest BCUT2D eigenvalue weighted by Gasteiger charge is 2.36. The summed E-state index contributed by atoms with van der Waals surface area (Å²) in [6, 6.07) is 14.6. The lowest BCUT2D eigenvalue weighted by atomic mass is 9.95. The summed E-state index contributed by atoms with van der Waals surface area (Å²) >= 11 is 6.28. The minimum atomic E-state index is -0.549. The molecule has 7 nitrogen and oxygen atoms in total. The van der Waals surface area contributed by atoms with Gasteiger partial charge in [-0.2, -0.15) is 10.1 Å². The fourth-order valence-corrected chi connectivity index (χ4v) is 3.72. The molecule has 1 N–H and O–H groups in total.